The molecule has 1 N–H and O–H groups in total. The van der Waals surface area contributed by atoms with Crippen molar-refractivity contribution >= 4 is 22.5 Å². The fourth-order valence-electron chi connectivity index (χ4n) is 3.29. The van der Waals surface area contributed by atoms with Crippen molar-refractivity contribution in [1.29, 1.82) is 0 Å². The van der Waals surface area contributed by atoms with Gasteiger partial charge in [0.15, 0.2) is 0 Å². The van der Waals surface area contributed by atoms with Gasteiger partial charge in [0, 0.05) is 72.7 Å². The third-order valence-corrected chi connectivity index (χ3v) is 4.53. The monoisotopic (exact) mass is 312 g/mol. The first-order chi connectivity index (χ1) is 10.8. The highest BCUT2D eigenvalue weighted by molar-refractivity contribution is 6.31. The predicted octanol–water partition coefficient (Wildman–Crippen LogP) is 2.97. The Morgan fingerprint density at radius 3 is 3.09 bits per heavy atom. The van der Waals surface area contributed by atoms with E-state index in [1.165, 1.54) is 22.2 Å². The second-order valence-corrected chi connectivity index (χ2v) is 6.05. The van der Waals surface area contributed by atoms with Gasteiger partial charge in [0.05, 0.1) is 5.69 Å². The summed E-state index contributed by atoms with van der Waals surface area (Å²) in [6, 6.07) is 6.19. The highest BCUT2D eigenvalue weighted by atomic mass is 35.5. The number of hydrogen-bond donors (Lipinski definition) is 1. The highest BCUT2D eigenvalue weighted by Crippen LogP contribution is 2.30. The number of nitrogens with one attached hydrogen (secondary N) is 1. The second-order valence-electron chi connectivity index (χ2n) is 5.61. The van der Waals surface area contributed by atoms with E-state index in [0.717, 1.165) is 43.2 Å². The zero-order valence-electron chi connectivity index (χ0n) is 12.2. The lowest BCUT2D eigenvalue weighted by Crippen LogP contribution is -2.24. The molecule has 3 aromatic rings. The summed E-state index contributed by atoms with van der Waals surface area (Å²) < 4.78 is 2.43. The summed E-state index contributed by atoms with van der Waals surface area (Å²) in [5.41, 5.74) is 5.12. The number of aromatic nitrogens is 3. The number of benzene rings is 1. The van der Waals surface area contributed by atoms with Gasteiger partial charge in [-0.25, -0.2) is 0 Å². The molecule has 0 saturated heterocycles. The molecule has 1 aliphatic heterocycles. The topological polar surface area (TPSA) is 42.7 Å². The summed E-state index contributed by atoms with van der Waals surface area (Å²) in [4.78, 5) is 8.52. The Hall–Kier alpha value is -1.91. The molecule has 112 valence electrons. The summed E-state index contributed by atoms with van der Waals surface area (Å²) in [5, 5.41) is 5.53. The minimum Gasteiger partial charge on any atom is -0.344 e. The van der Waals surface area contributed by atoms with E-state index in [4.69, 9.17) is 11.6 Å². The summed E-state index contributed by atoms with van der Waals surface area (Å²) in [6.45, 7) is 2.87. The SMILES string of the molecule is Clc1ccc2c(c1)c1c(n2CCc2cnccn2)CCNC1. The minimum absolute atomic E-state index is 0.798. The van der Waals surface area contributed by atoms with Crippen LogP contribution >= 0.6 is 11.6 Å². The Morgan fingerprint density at radius 1 is 1.27 bits per heavy atom. The number of halogens is 1. The molecule has 0 amide bonds. The molecule has 2 aromatic heterocycles. The van der Waals surface area contributed by atoms with Crippen LogP contribution in [-0.4, -0.2) is 21.1 Å². The second kappa shape index (κ2) is 5.71. The van der Waals surface area contributed by atoms with Crippen molar-refractivity contribution in [2.45, 2.75) is 25.9 Å². The average molecular weight is 313 g/mol. The van der Waals surface area contributed by atoms with Crippen LogP contribution in [0.4, 0.5) is 0 Å². The Morgan fingerprint density at radius 2 is 2.23 bits per heavy atom. The standard InChI is InChI=1S/C17H17ClN4/c18-12-1-2-16-14(9-12)15-11-19-5-3-17(15)22(16)8-4-13-10-20-6-7-21-13/h1-2,6-7,9-10,19H,3-5,8,11H2. The molecule has 0 unspecified atom stereocenters. The van der Waals surface area contributed by atoms with Gasteiger partial charge in [0.2, 0.25) is 0 Å². The van der Waals surface area contributed by atoms with Crippen molar-refractivity contribution in [3.8, 4) is 0 Å². The molecule has 0 spiro atoms. The molecule has 22 heavy (non-hydrogen) atoms. The van der Waals surface area contributed by atoms with Crippen LogP contribution in [0.2, 0.25) is 5.02 Å². The summed E-state index contributed by atoms with van der Waals surface area (Å²) >= 11 is 6.20. The Labute approximate surface area is 134 Å². The van der Waals surface area contributed by atoms with Gasteiger partial charge in [-0.15, -0.1) is 0 Å². The Balaban J connectivity index is 1.76. The first-order valence-electron chi connectivity index (χ1n) is 7.58. The summed E-state index contributed by atoms with van der Waals surface area (Å²) in [5.74, 6) is 0. The number of aryl methyl sites for hydroxylation is 2. The van der Waals surface area contributed by atoms with Crippen molar-refractivity contribution in [3.05, 3.63) is 58.8 Å². The van der Waals surface area contributed by atoms with Gasteiger partial charge >= 0.3 is 0 Å². The van der Waals surface area contributed by atoms with Crippen molar-refractivity contribution < 1.29 is 0 Å². The lowest BCUT2D eigenvalue weighted by molar-refractivity contribution is 0.592. The number of hydrogen-bond acceptors (Lipinski definition) is 3. The number of nitrogens with zero attached hydrogens (tertiary/aromatic N) is 3. The zero-order chi connectivity index (χ0) is 14.9. The van der Waals surface area contributed by atoms with Gasteiger partial charge in [-0.05, 0) is 23.8 Å². The molecule has 1 aromatic carbocycles. The van der Waals surface area contributed by atoms with Crippen LogP contribution in [0, 0.1) is 0 Å². The molecular formula is C17H17ClN4. The molecular weight excluding hydrogens is 296 g/mol. The van der Waals surface area contributed by atoms with E-state index in [9.17, 15) is 0 Å². The van der Waals surface area contributed by atoms with Gasteiger partial charge in [0.25, 0.3) is 0 Å². The Bertz CT molecular complexity index is 810. The van der Waals surface area contributed by atoms with Crippen LogP contribution in [0.3, 0.4) is 0 Å². The number of fused-ring (bicyclic) bond motifs is 3. The van der Waals surface area contributed by atoms with Crippen LogP contribution in [-0.2, 0) is 25.9 Å². The van der Waals surface area contributed by atoms with E-state index < -0.39 is 0 Å². The fraction of sp³-hybridized carbons (Fsp3) is 0.294. The van der Waals surface area contributed by atoms with E-state index in [-0.39, 0.29) is 0 Å². The van der Waals surface area contributed by atoms with Gasteiger partial charge in [-0.3, -0.25) is 9.97 Å². The van der Waals surface area contributed by atoms with E-state index in [1.54, 1.807) is 12.4 Å². The van der Waals surface area contributed by atoms with Crippen molar-refractivity contribution in [2.24, 2.45) is 0 Å². The fourth-order valence-corrected chi connectivity index (χ4v) is 3.47. The van der Waals surface area contributed by atoms with E-state index in [0.29, 0.717) is 0 Å². The molecule has 0 bridgehead atoms. The Kier molecular flexibility index (Phi) is 3.56. The maximum absolute atomic E-state index is 6.20. The molecule has 0 atom stereocenters. The van der Waals surface area contributed by atoms with E-state index in [2.05, 4.69) is 32.0 Å². The van der Waals surface area contributed by atoms with E-state index in [1.807, 2.05) is 12.3 Å². The zero-order valence-corrected chi connectivity index (χ0v) is 13.0. The molecule has 0 radical (unpaired) electrons. The maximum Gasteiger partial charge on any atom is 0.0604 e. The van der Waals surface area contributed by atoms with Gasteiger partial charge < -0.3 is 9.88 Å². The first-order valence-corrected chi connectivity index (χ1v) is 7.96. The van der Waals surface area contributed by atoms with Crippen LogP contribution in [0.15, 0.2) is 36.8 Å². The highest BCUT2D eigenvalue weighted by Gasteiger charge is 2.19. The van der Waals surface area contributed by atoms with Crippen molar-refractivity contribution in [2.75, 3.05) is 6.54 Å². The van der Waals surface area contributed by atoms with Gasteiger partial charge in [-0.2, -0.15) is 0 Å². The maximum atomic E-state index is 6.20. The van der Waals surface area contributed by atoms with Crippen molar-refractivity contribution in [3.63, 3.8) is 0 Å². The molecule has 0 aliphatic carbocycles. The smallest absolute Gasteiger partial charge is 0.0604 e. The molecule has 4 rings (SSSR count). The lowest BCUT2D eigenvalue weighted by atomic mass is 10.1. The molecule has 5 heteroatoms. The van der Waals surface area contributed by atoms with E-state index >= 15 is 0 Å². The molecule has 3 heterocycles. The summed E-state index contributed by atoms with van der Waals surface area (Å²) in [7, 11) is 0. The van der Waals surface area contributed by atoms with Crippen LogP contribution < -0.4 is 5.32 Å². The first kappa shape index (κ1) is 13.7. The van der Waals surface area contributed by atoms with Gasteiger partial charge in [0.1, 0.15) is 0 Å². The van der Waals surface area contributed by atoms with Crippen LogP contribution in [0.5, 0.6) is 0 Å². The van der Waals surface area contributed by atoms with Crippen LogP contribution in [0.25, 0.3) is 10.9 Å². The predicted molar refractivity (Wildman–Crippen MR) is 88.1 cm³/mol. The number of rotatable bonds is 3. The molecule has 4 nitrogen and oxygen atoms in total. The minimum atomic E-state index is 0.798. The third kappa shape index (κ3) is 2.38. The largest absolute Gasteiger partial charge is 0.344 e. The quantitative estimate of drug-likeness (QED) is 0.808. The third-order valence-electron chi connectivity index (χ3n) is 4.30. The van der Waals surface area contributed by atoms with Crippen LogP contribution in [0.1, 0.15) is 17.0 Å². The van der Waals surface area contributed by atoms with Crippen molar-refractivity contribution in [1.82, 2.24) is 19.9 Å². The molecule has 1 aliphatic rings. The lowest BCUT2D eigenvalue weighted by Gasteiger charge is -2.17. The van der Waals surface area contributed by atoms with Gasteiger partial charge in [-0.1, -0.05) is 11.6 Å². The molecule has 0 saturated carbocycles. The molecule has 0 fully saturated rings. The normalized spacial score (nSPS) is 14.2. The average Bonchev–Trinajstić information content (AvgIpc) is 2.87. The summed E-state index contributed by atoms with van der Waals surface area (Å²) in [6.07, 6.45) is 7.26.